The minimum atomic E-state index is -3.42. The van der Waals surface area contributed by atoms with Crippen LogP contribution in [-0.4, -0.2) is 44.1 Å². The molecule has 0 amide bonds. The summed E-state index contributed by atoms with van der Waals surface area (Å²) in [6.45, 7) is 5.61. The number of ether oxygens (including phenoxy) is 1. The van der Waals surface area contributed by atoms with Crippen LogP contribution in [0.25, 0.3) is 0 Å². The normalized spacial score (nSPS) is 19.4. The molecular formula is C15H23NO4S. The molecule has 118 valence electrons. The zero-order valence-electron chi connectivity index (χ0n) is 12.6. The monoisotopic (exact) mass is 313 g/mol. The van der Waals surface area contributed by atoms with Gasteiger partial charge in [-0.2, -0.15) is 4.31 Å². The first-order chi connectivity index (χ1) is 9.85. The Labute approximate surface area is 126 Å². The standard InChI is InChI=1S/C15H23NO4S/c1-15(2)7-9-16(10-8-15)21(18,19)14-5-3-13(4-6-14)20-12-11-17/h3-6,17H,7-12H2,1-2H3. The molecule has 1 aliphatic heterocycles. The van der Waals surface area contributed by atoms with E-state index in [9.17, 15) is 8.42 Å². The van der Waals surface area contributed by atoms with Gasteiger partial charge >= 0.3 is 0 Å². The van der Waals surface area contributed by atoms with Crippen LogP contribution in [0.2, 0.25) is 0 Å². The van der Waals surface area contributed by atoms with Crippen LogP contribution in [0, 0.1) is 5.41 Å². The lowest BCUT2D eigenvalue weighted by molar-refractivity contribution is 0.195. The molecule has 0 saturated carbocycles. The van der Waals surface area contributed by atoms with Crippen molar-refractivity contribution in [3.05, 3.63) is 24.3 Å². The summed E-state index contributed by atoms with van der Waals surface area (Å²) in [6, 6.07) is 6.36. The first kappa shape index (κ1) is 16.3. The second-order valence-corrected chi connectivity index (χ2v) is 8.05. The van der Waals surface area contributed by atoms with Gasteiger partial charge in [0.15, 0.2) is 0 Å². The molecule has 0 aromatic heterocycles. The van der Waals surface area contributed by atoms with Crippen molar-refractivity contribution in [1.82, 2.24) is 4.31 Å². The van der Waals surface area contributed by atoms with Crippen molar-refractivity contribution < 1.29 is 18.3 Å². The number of benzene rings is 1. The minimum absolute atomic E-state index is 0.0659. The molecule has 0 aliphatic carbocycles. The molecular weight excluding hydrogens is 290 g/mol. The molecule has 5 nitrogen and oxygen atoms in total. The van der Waals surface area contributed by atoms with Crippen molar-refractivity contribution in [2.45, 2.75) is 31.6 Å². The van der Waals surface area contributed by atoms with Crippen LogP contribution in [-0.2, 0) is 10.0 Å². The number of sulfonamides is 1. The van der Waals surface area contributed by atoms with Gasteiger partial charge in [-0.3, -0.25) is 0 Å². The summed E-state index contributed by atoms with van der Waals surface area (Å²) >= 11 is 0. The van der Waals surface area contributed by atoms with Gasteiger partial charge in [-0.05, 0) is 42.5 Å². The van der Waals surface area contributed by atoms with Gasteiger partial charge in [0, 0.05) is 13.1 Å². The predicted molar refractivity (Wildman–Crippen MR) is 80.8 cm³/mol. The van der Waals surface area contributed by atoms with E-state index in [1.165, 1.54) is 0 Å². The lowest BCUT2D eigenvalue weighted by atomic mass is 9.83. The number of hydrogen-bond donors (Lipinski definition) is 1. The molecule has 1 aromatic rings. The molecule has 0 bridgehead atoms. The quantitative estimate of drug-likeness (QED) is 0.901. The Bertz CT molecular complexity index is 556. The van der Waals surface area contributed by atoms with E-state index in [0.717, 1.165) is 12.8 Å². The molecule has 1 aliphatic rings. The molecule has 1 N–H and O–H groups in total. The Morgan fingerprint density at radius 3 is 2.29 bits per heavy atom. The zero-order valence-corrected chi connectivity index (χ0v) is 13.4. The maximum atomic E-state index is 12.6. The van der Waals surface area contributed by atoms with Gasteiger partial charge in [0.2, 0.25) is 10.0 Å². The maximum absolute atomic E-state index is 12.6. The van der Waals surface area contributed by atoms with E-state index in [1.807, 2.05) is 0 Å². The fraction of sp³-hybridized carbons (Fsp3) is 0.600. The average Bonchev–Trinajstić information content (AvgIpc) is 2.45. The Morgan fingerprint density at radius 2 is 1.76 bits per heavy atom. The molecule has 0 spiro atoms. The summed E-state index contributed by atoms with van der Waals surface area (Å²) in [5, 5.41) is 8.70. The molecule has 21 heavy (non-hydrogen) atoms. The minimum Gasteiger partial charge on any atom is -0.491 e. The van der Waals surface area contributed by atoms with Gasteiger partial charge in [0.25, 0.3) is 0 Å². The van der Waals surface area contributed by atoms with E-state index in [4.69, 9.17) is 9.84 Å². The smallest absolute Gasteiger partial charge is 0.243 e. The van der Waals surface area contributed by atoms with Gasteiger partial charge in [-0.25, -0.2) is 8.42 Å². The van der Waals surface area contributed by atoms with Crippen LogP contribution >= 0.6 is 0 Å². The second-order valence-electron chi connectivity index (χ2n) is 6.11. The van der Waals surface area contributed by atoms with Crippen molar-refractivity contribution in [2.75, 3.05) is 26.3 Å². The summed E-state index contributed by atoms with van der Waals surface area (Å²) in [7, 11) is -3.42. The van der Waals surface area contributed by atoms with Crippen LogP contribution < -0.4 is 4.74 Å². The van der Waals surface area contributed by atoms with E-state index >= 15 is 0 Å². The molecule has 1 heterocycles. The van der Waals surface area contributed by atoms with Crippen molar-refractivity contribution in [3.8, 4) is 5.75 Å². The van der Waals surface area contributed by atoms with Crippen LogP contribution in [0.15, 0.2) is 29.2 Å². The fourth-order valence-corrected chi connectivity index (χ4v) is 3.79. The molecule has 1 saturated heterocycles. The highest BCUT2D eigenvalue weighted by Gasteiger charge is 2.32. The number of piperidine rings is 1. The second kappa shape index (κ2) is 6.34. The van der Waals surface area contributed by atoms with E-state index < -0.39 is 10.0 Å². The van der Waals surface area contributed by atoms with Crippen molar-refractivity contribution in [3.63, 3.8) is 0 Å². The number of aliphatic hydroxyl groups is 1. The predicted octanol–water partition coefficient (Wildman–Crippen LogP) is 1.87. The van der Waals surface area contributed by atoms with Gasteiger partial charge in [0.05, 0.1) is 11.5 Å². The van der Waals surface area contributed by atoms with Crippen LogP contribution in [0.5, 0.6) is 5.75 Å². The topological polar surface area (TPSA) is 66.8 Å². The van der Waals surface area contributed by atoms with Gasteiger partial charge in [-0.15, -0.1) is 0 Å². The molecule has 0 radical (unpaired) electrons. The third kappa shape index (κ3) is 3.96. The SMILES string of the molecule is CC1(C)CCN(S(=O)(=O)c2ccc(OCCO)cc2)CC1. The molecule has 1 aromatic carbocycles. The Balaban J connectivity index is 2.09. The third-order valence-electron chi connectivity index (χ3n) is 3.90. The third-order valence-corrected chi connectivity index (χ3v) is 5.81. The zero-order chi connectivity index (χ0) is 15.5. The van der Waals surface area contributed by atoms with E-state index in [2.05, 4.69) is 13.8 Å². The molecule has 0 atom stereocenters. The number of aliphatic hydroxyl groups excluding tert-OH is 1. The number of rotatable bonds is 5. The van der Waals surface area contributed by atoms with Gasteiger partial charge < -0.3 is 9.84 Å². The first-order valence-electron chi connectivity index (χ1n) is 7.19. The lowest BCUT2D eigenvalue weighted by Crippen LogP contribution is -2.41. The Morgan fingerprint density at radius 1 is 1.19 bits per heavy atom. The summed E-state index contributed by atoms with van der Waals surface area (Å²) in [6.07, 6.45) is 1.76. The number of nitrogens with zero attached hydrogens (tertiary/aromatic N) is 1. The Hall–Kier alpha value is -1.11. The summed E-state index contributed by atoms with van der Waals surface area (Å²) in [5.41, 5.74) is 0.216. The molecule has 2 rings (SSSR count). The number of hydrogen-bond acceptors (Lipinski definition) is 4. The summed E-state index contributed by atoms with van der Waals surface area (Å²) in [4.78, 5) is 0.290. The van der Waals surface area contributed by atoms with E-state index in [-0.39, 0.29) is 18.6 Å². The van der Waals surface area contributed by atoms with Crippen molar-refractivity contribution >= 4 is 10.0 Å². The highest BCUT2D eigenvalue weighted by Crippen LogP contribution is 2.32. The fourth-order valence-electron chi connectivity index (χ4n) is 2.35. The van der Waals surface area contributed by atoms with Crippen LogP contribution in [0.3, 0.4) is 0 Å². The van der Waals surface area contributed by atoms with E-state index in [1.54, 1.807) is 28.6 Å². The molecule has 6 heteroatoms. The van der Waals surface area contributed by atoms with Gasteiger partial charge in [0.1, 0.15) is 12.4 Å². The summed E-state index contributed by atoms with van der Waals surface area (Å²) in [5.74, 6) is 0.558. The van der Waals surface area contributed by atoms with Crippen LogP contribution in [0.1, 0.15) is 26.7 Å². The van der Waals surface area contributed by atoms with Crippen molar-refractivity contribution in [2.24, 2.45) is 5.41 Å². The van der Waals surface area contributed by atoms with E-state index in [0.29, 0.717) is 23.7 Å². The van der Waals surface area contributed by atoms with Crippen molar-refractivity contribution in [1.29, 1.82) is 0 Å². The average molecular weight is 313 g/mol. The Kier molecular flexibility index (Phi) is 4.91. The van der Waals surface area contributed by atoms with Gasteiger partial charge in [-0.1, -0.05) is 13.8 Å². The first-order valence-corrected chi connectivity index (χ1v) is 8.63. The maximum Gasteiger partial charge on any atom is 0.243 e. The largest absolute Gasteiger partial charge is 0.491 e. The van der Waals surface area contributed by atoms with Crippen LogP contribution in [0.4, 0.5) is 0 Å². The highest BCUT2D eigenvalue weighted by atomic mass is 32.2. The lowest BCUT2D eigenvalue weighted by Gasteiger charge is -2.36. The highest BCUT2D eigenvalue weighted by molar-refractivity contribution is 7.89. The molecule has 0 unspecified atom stereocenters. The molecule has 1 fully saturated rings. The summed E-state index contributed by atoms with van der Waals surface area (Å²) < 4.78 is 31.9.